The minimum Gasteiger partial charge on any atom is -0.488 e. The number of pyridine rings is 1. The summed E-state index contributed by atoms with van der Waals surface area (Å²) in [6.45, 7) is 7.67. The molecular formula is C26H33FN6O. The maximum atomic E-state index is 15.1. The Hall–Kier alpha value is -2.71. The number of hydrogen-bond acceptors (Lipinski definition) is 6. The monoisotopic (exact) mass is 464 g/mol. The second kappa shape index (κ2) is 8.50. The molecule has 2 aromatic heterocycles. The van der Waals surface area contributed by atoms with E-state index in [2.05, 4.69) is 49.4 Å². The molecule has 7 nitrogen and oxygen atoms in total. The van der Waals surface area contributed by atoms with Crippen molar-refractivity contribution in [2.45, 2.75) is 43.9 Å². The Morgan fingerprint density at radius 3 is 2.59 bits per heavy atom. The number of H-pyrrole nitrogens is 1. The first-order valence-electron chi connectivity index (χ1n) is 12.5. The average molecular weight is 465 g/mol. The topological polar surface area (TPSA) is 69.3 Å². The van der Waals surface area contributed by atoms with E-state index in [0.29, 0.717) is 19.4 Å². The molecule has 0 radical (unpaired) electrons. The summed E-state index contributed by atoms with van der Waals surface area (Å²) < 4.78 is 21.3. The minimum absolute atomic E-state index is 0.0147. The van der Waals surface area contributed by atoms with Crippen LogP contribution in [-0.4, -0.2) is 77.2 Å². The Bertz CT molecular complexity index is 1160. The summed E-state index contributed by atoms with van der Waals surface area (Å²) in [5, 5.41) is 12.1. The van der Waals surface area contributed by atoms with E-state index in [1.54, 1.807) is 0 Å². The highest BCUT2D eigenvalue weighted by atomic mass is 19.1. The van der Waals surface area contributed by atoms with Crippen LogP contribution >= 0.6 is 0 Å². The molecule has 0 amide bonds. The van der Waals surface area contributed by atoms with Crippen molar-refractivity contribution >= 4 is 16.7 Å². The molecule has 0 atom stereocenters. The molecule has 34 heavy (non-hydrogen) atoms. The van der Waals surface area contributed by atoms with Gasteiger partial charge in [-0.25, -0.2) is 9.37 Å². The zero-order valence-electron chi connectivity index (χ0n) is 19.8. The number of hydrogen-bond donors (Lipinski definition) is 2. The summed E-state index contributed by atoms with van der Waals surface area (Å²) in [7, 11) is 0. The first-order valence-corrected chi connectivity index (χ1v) is 12.5. The lowest BCUT2D eigenvalue weighted by Crippen LogP contribution is -2.53. The van der Waals surface area contributed by atoms with E-state index in [0.717, 1.165) is 85.8 Å². The lowest BCUT2D eigenvalue weighted by Gasteiger charge is -2.40. The van der Waals surface area contributed by atoms with E-state index in [9.17, 15) is 0 Å². The number of aromatic nitrogens is 3. The van der Waals surface area contributed by atoms with Gasteiger partial charge in [-0.05, 0) is 76.0 Å². The number of anilines is 1. The van der Waals surface area contributed by atoms with Gasteiger partial charge in [0.2, 0.25) is 0 Å². The van der Waals surface area contributed by atoms with Crippen LogP contribution in [0.4, 0.5) is 10.2 Å². The molecule has 180 valence electrons. The number of piperidine rings is 1. The molecule has 4 heterocycles. The molecule has 2 N–H and O–H groups in total. The molecule has 0 unspecified atom stereocenters. The summed E-state index contributed by atoms with van der Waals surface area (Å²) in [6, 6.07) is 10.3. The quantitative estimate of drug-likeness (QED) is 0.579. The summed E-state index contributed by atoms with van der Waals surface area (Å²) >= 11 is 0. The summed E-state index contributed by atoms with van der Waals surface area (Å²) in [4.78, 5) is 9.21. The van der Waals surface area contributed by atoms with Crippen LogP contribution in [0.2, 0.25) is 0 Å². The predicted molar refractivity (Wildman–Crippen MR) is 132 cm³/mol. The zero-order chi connectivity index (χ0) is 23.2. The Morgan fingerprint density at radius 1 is 1.03 bits per heavy atom. The number of piperazine rings is 1. The minimum atomic E-state index is -1.05. The van der Waals surface area contributed by atoms with Crippen LogP contribution in [0.3, 0.4) is 0 Å². The van der Waals surface area contributed by atoms with Gasteiger partial charge in [-0.15, -0.1) is 0 Å². The number of aromatic amines is 1. The van der Waals surface area contributed by atoms with Gasteiger partial charge in [0.25, 0.3) is 0 Å². The third-order valence-electron chi connectivity index (χ3n) is 7.57. The van der Waals surface area contributed by atoms with Gasteiger partial charge in [-0.3, -0.25) is 10.00 Å². The molecule has 3 aromatic rings. The molecule has 1 saturated carbocycles. The van der Waals surface area contributed by atoms with Crippen molar-refractivity contribution in [2.24, 2.45) is 0 Å². The largest absolute Gasteiger partial charge is 0.488 e. The molecule has 2 saturated heterocycles. The highest BCUT2D eigenvalue weighted by Crippen LogP contribution is 2.40. The van der Waals surface area contributed by atoms with Crippen molar-refractivity contribution < 1.29 is 9.13 Å². The number of benzene rings is 1. The summed E-state index contributed by atoms with van der Waals surface area (Å²) in [5.74, 6) is 1.84. The zero-order valence-corrected chi connectivity index (χ0v) is 19.8. The van der Waals surface area contributed by atoms with Gasteiger partial charge in [-0.2, -0.15) is 5.10 Å². The lowest BCUT2D eigenvalue weighted by molar-refractivity contribution is 0.0591. The second-order valence-corrected chi connectivity index (χ2v) is 10.4. The first kappa shape index (κ1) is 21.8. The van der Waals surface area contributed by atoms with Crippen molar-refractivity contribution in [1.29, 1.82) is 0 Å². The standard InChI is InChI=1S/C26H33FN6O/c1-25(5-6-25)34-20-2-3-22-21(17-20)24(31-30-22)19-4-9-29-23(16-19)33-14-12-32(13-15-33)18-26(27)7-10-28-11-8-26/h2-4,9,16-17,28H,5-8,10-15,18H2,1H3,(H,30,31). The van der Waals surface area contributed by atoms with E-state index < -0.39 is 5.67 Å². The summed E-state index contributed by atoms with van der Waals surface area (Å²) in [5.41, 5.74) is 1.87. The molecule has 1 aliphatic carbocycles. The molecule has 8 heteroatoms. The molecule has 2 aliphatic heterocycles. The smallest absolute Gasteiger partial charge is 0.129 e. The molecule has 3 fully saturated rings. The van der Waals surface area contributed by atoms with Gasteiger partial charge >= 0.3 is 0 Å². The Morgan fingerprint density at radius 2 is 1.82 bits per heavy atom. The number of fused-ring (bicyclic) bond motifs is 1. The van der Waals surface area contributed by atoms with Crippen molar-refractivity contribution in [2.75, 3.05) is 50.7 Å². The first-order chi connectivity index (χ1) is 16.5. The van der Waals surface area contributed by atoms with E-state index >= 15 is 4.39 Å². The number of nitrogens with one attached hydrogen (secondary N) is 2. The fraction of sp³-hybridized carbons (Fsp3) is 0.538. The van der Waals surface area contributed by atoms with Crippen LogP contribution in [0, 0.1) is 0 Å². The van der Waals surface area contributed by atoms with E-state index in [1.165, 1.54) is 0 Å². The van der Waals surface area contributed by atoms with Gasteiger partial charge in [-0.1, -0.05) is 0 Å². The maximum Gasteiger partial charge on any atom is 0.129 e. The van der Waals surface area contributed by atoms with Gasteiger partial charge < -0.3 is 15.0 Å². The van der Waals surface area contributed by atoms with Crippen molar-refractivity contribution in [3.63, 3.8) is 0 Å². The molecule has 1 aromatic carbocycles. The number of alkyl halides is 1. The van der Waals surface area contributed by atoms with Crippen molar-refractivity contribution in [3.05, 3.63) is 36.5 Å². The molecule has 3 aliphatic rings. The Balaban J connectivity index is 1.16. The van der Waals surface area contributed by atoms with Gasteiger partial charge in [0.1, 0.15) is 28.5 Å². The highest BCUT2D eigenvalue weighted by Gasteiger charge is 2.40. The Kier molecular flexibility index (Phi) is 5.45. The molecule has 6 rings (SSSR count). The van der Waals surface area contributed by atoms with Crippen LogP contribution < -0.4 is 15.0 Å². The molecule has 0 bridgehead atoms. The highest BCUT2D eigenvalue weighted by molar-refractivity contribution is 5.94. The molecule has 0 spiro atoms. The normalized spacial score (nSPS) is 22.1. The third-order valence-corrected chi connectivity index (χ3v) is 7.57. The van der Waals surface area contributed by atoms with Crippen LogP contribution in [0.5, 0.6) is 5.75 Å². The van der Waals surface area contributed by atoms with Crippen LogP contribution in [-0.2, 0) is 0 Å². The fourth-order valence-corrected chi connectivity index (χ4v) is 5.15. The van der Waals surface area contributed by atoms with E-state index in [-0.39, 0.29) is 5.60 Å². The Labute approximate surface area is 199 Å². The van der Waals surface area contributed by atoms with E-state index in [1.807, 2.05) is 24.4 Å². The molecular weight excluding hydrogens is 431 g/mol. The second-order valence-electron chi connectivity index (χ2n) is 10.4. The van der Waals surface area contributed by atoms with Crippen LogP contribution in [0.1, 0.15) is 32.6 Å². The fourth-order valence-electron chi connectivity index (χ4n) is 5.15. The maximum absolute atomic E-state index is 15.1. The SMILES string of the molecule is CC1(Oc2ccc3[nH]nc(-c4ccnc(N5CCN(CC6(F)CCNCC6)CC5)c4)c3c2)CC1. The number of nitrogens with zero attached hydrogens (tertiary/aromatic N) is 4. The number of rotatable bonds is 6. The average Bonchev–Trinajstić information content (AvgIpc) is 3.42. The van der Waals surface area contributed by atoms with Crippen molar-refractivity contribution in [1.82, 2.24) is 25.4 Å². The third kappa shape index (κ3) is 4.49. The van der Waals surface area contributed by atoms with Crippen molar-refractivity contribution in [3.8, 4) is 17.0 Å². The number of halogens is 1. The number of ether oxygens (including phenoxy) is 1. The van der Waals surface area contributed by atoms with Gasteiger partial charge in [0.05, 0.1) is 5.52 Å². The predicted octanol–water partition coefficient (Wildman–Crippen LogP) is 3.77. The van der Waals surface area contributed by atoms with E-state index in [4.69, 9.17) is 4.74 Å². The van der Waals surface area contributed by atoms with Gasteiger partial charge in [0, 0.05) is 49.9 Å². The summed E-state index contributed by atoms with van der Waals surface area (Å²) in [6.07, 6.45) is 5.29. The van der Waals surface area contributed by atoms with Crippen LogP contribution in [0.25, 0.3) is 22.2 Å². The lowest BCUT2D eigenvalue weighted by atomic mass is 9.93. The van der Waals surface area contributed by atoms with Crippen LogP contribution in [0.15, 0.2) is 36.5 Å². The van der Waals surface area contributed by atoms with Gasteiger partial charge in [0.15, 0.2) is 0 Å².